The summed E-state index contributed by atoms with van der Waals surface area (Å²) in [5, 5.41) is 3.72. The second kappa shape index (κ2) is 8.80. The van der Waals surface area contributed by atoms with Gasteiger partial charge in [0.15, 0.2) is 0 Å². The fraction of sp³-hybridized carbons (Fsp3) is 0.308. The average molecular weight is 400 g/mol. The fourth-order valence-electron chi connectivity index (χ4n) is 4.50. The van der Waals surface area contributed by atoms with Crippen molar-refractivity contribution in [3.8, 4) is 11.5 Å². The highest BCUT2D eigenvalue weighted by Gasteiger charge is 2.29. The molecule has 0 bridgehead atoms. The molecule has 5 rings (SSSR count). The molecule has 0 spiro atoms. The smallest absolute Gasteiger partial charge is 0.127 e. The highest BCUT2D eigenvalue weighted by Crippen LogP contribution is 2.41. The summed E-state index contributed by atoms with van der Waals surface area (Å²) in [6, 6.07) is 27.1. The first-order valence-electron chi connectivity index (χ1n) is 11.0. The standard InChI is InChI=1S/C26H29N3O/c1-3-9-22(10-4-1)30-23-15-13-21(14-16-23)26-27-24-11-5-6-12-25(24)29(26)20-19-28-17-7-2-8-18-28/h1,3-6,9-16,26-27H,2,7-8,17-20H2. The van der Waals surface area contributed by atoms with Crippen molar-refractivity contribution in [1.82, 2.24) is 4.90 Å². The maximum Gasteiger partial charge on any atom is 0.127 e. The molecule has 154 valence electrons. The number of nitrogens with one attached hydrogen (secondary N) is 1. The second-order valence-electron chi connectivity index (χ2n) is 8.14. The summed E-state index contributed by atoms with van der Waals surface area (Å²) in [5.74, 6) is 1.72. The zero-order valence-electron chi connectivity index (χ0n) is 17.3. The lowest BCUT2D eigenvalue weighted by molar-refractivity contribution is 0.232. The number of piperidine rings is 1. The van der Waals surface area contributed by atoms with Gasteiger partial charge in [0.05, 0.1) is 11.4 Å². The molecular weight excluding hydrogens is 370 g/mol. The number of fused-ring (bicyclic) bond motifs is 1. The first-order chi connectivity index (χ1) is 14.9. The highest BCUT2D eigenvalue weighted by atomic mass is 16.5. The molecule has 2 heterocycles. The molecule has 1 N–H and O–H groups in total. The molecule has 2 aliphatic heterocycles. The van der Waals surface area contributed by atoms with Gasteiger partial charge in [-0.3, -0.25) is 0 Å². The van der Waals surface area contributed by atoms with Crippen LogP contribution < -0.4 is 15.0 Å². The van der Waals surface area contributed by atoms with Crippen molar-refractivity contribution in [1.29, 1.82) is 0 Å². The van der Waals surface area contributed by atoms with Crippen LogP contribution in [0.2, 0.25) is 0 Å². The Kier molecular flexibility index (Phi) is 5.58. The van der Waals surface area contributed by atoms with E-state index in [9.17, 15) is 0 Å². The van der Waals surface area contributed by atoms with Crippen LogP contribution in [0.15, 0.2) is 78.9 Å². The number of nitrogens with zero attached hydrogens (tertiary/aromatic N) is 2. The van der Waals surface area contributed by atoms with Gasteiger partial charge in [-0.2, -0.15) is 0 Å². The summed E-state index contributed by atoms with van der Waals surface area (Å²) in [4.78, 5) is 5.12. The van der Waals surface area contributed by atoms with Crippen molar-refractivity contribution < 1.29 is 4.74 Å². The molecule has 1 atom stereocenters. The molecule has 1 fully saturated rings. The normalized spacial score (nSPS) is 18.7. The third-order valence-electron chi connectivity index (χ3n) is 6.10. The van der Waals surface area contributed by atoms with E-state index in [2.05, 4.69) is 63.6 Å². The fourth-order valence-corrected chi connectivity index (χ4v) is 4.50. The number of likely N-dealkylation sites (tertiary alicyclic amines) is 1. The Morgan fingerprint density at radius 1 is 0.733 bits per heavy atom. The third kappa shape index (κ3) is 4.14. The van der Waals surface area contributed by atoms with E-state index >= 15 is 0 Å². The van der Waals surface area contributed by atoms with Gasteiger partial charge in [0, 0.05) is 13.1 Å². The van der Waals surface area contributed by atoms with E-state index in [4.69, 9.17) is 4.74 Å². The second-order valence-corrected chi connectivity index (χ2v) is 8.14. The predicted molar refractivity (Wildman–Crippen MR) is 123 cm³/mol. The van der Waals surface area contributed by atoms with Gasteiger partial charge in [0.1, 0.15) is 17.7 Å². The number of hydrogen-bond acceptors (Lipinski definition) is 4. The van der Waals surface area contributed by atoms with Gasteiger partial charge in [-0.15, -0.1) is 0 Å². The van der Waals surface area contributed by atoms with Crippen molar-refractivity contribution >= 4 is 11.4 Å². The number of ether oxygens (including phenoxy) is 1. The van der Waals surface area contributed by atoms with Crippen LogP contribution in [-0.4, -0.2) is 31.1 Å². The lowest BCUT2D eigenvalue weighted by atomic mass is 10.1. The minimum atomic E-state index is 0.151. The van der Waals surface area contributed by atoms with Gasteiger partial charge in [0.2, 0.25) is 0 Å². The Morgan fingerprint density at radius 3 is 2.23 bits per heavy atom. The molecule has 30 heavy (non-hydrogen) atoms. The van der Waals surface area contributed by atoms with E-state index in [0.29, 0.717) is 0 Å². The van der Waals surface area contributed by atoms with Gasteiger partial charge in [-0.25, -0.2) is 0 Å². The summed E-state index contributed by atoms with van der Waals surface area (Å²) in [6.45, 7) is 4.61. The average Bonchev–Trinajstić information content (AvgIpc) is 3.18. The molecule has 0 aliphatic carbocycles. The van der Waals surface area contributed by atoms with Crippen LogP contribution in [0.3, 0.4) is 0 Å². The van der Waals surface area contributed by atoms with Crippen molar-refractivity contribution in [3.05, 3.63) is 84.4 Å². The molecular formula is C26H29N3O. The van der Waals surface area contributed by atoms with Crippen LogP contribution >= 0.6 is 0 Å². The lowest BCUT2D eigenvalue weighted by Gasteiger charge is -2.32. The molecule has 0 saturated carbocycles. The molecule has 2 aliphatic rings. The molecule has 1 saturated heterocycles. The van der Waals surface area contributed by atoms with E-state index in [1.807, 2.05) is 30.3 Å². The SMILES string of the molecule is c1ccc(Oc2ccc(C3Nc4ccccc4N3CCN3CCCCC3)cc2)cc1. The van der Waals surface area contributed by atoms with Gasteiger partial charge in [0.25, 0.3) is 0 Å². The van der Waals surface area contributed by atoms with Crippen molar-refractivity contribution in [2.75, 3.05) is 36.4 Å². The number of para-hydroxylation sites is 3. The van der Waals surface area contributed by atoms with Gasteiger partial charge in [-0.1, -0.05) is 48.9 Å². The zero-order valence-corrected chi connectivity index (χ0v) is 17.3. The molecule has 0 radical (unpaired) electrons. The highest BCUT2D eigenvalue weighted by molar-refractivity contribution is 5.76. The van der Waals surface area contributed by atoms with Gasteiger partial charge >= 0.3 is 0 Å². The summed E-state index contributed by atoms with van der Waals surface area (Å²) in [7, 11) is 0. The minimum Gasteiger partial charge on any atom is -0.457 e. The summed E-state index contributed by atoms with van der Waals surface area (Å²) in [6.07, 6.45) is 4.20. The monoisotopic (exact) mass is 399 g/mol. The topological polar surface area (TPSA) is 27.7 Å². The quantitative estimate of drug-likeness (QED) is 0.559. The van der Waals surface area contributed by atoms with Crippen LogP contribution in [0, 0.1) is 0 Å². The van der Waals surface area contributed by atoms with Crippen molar-refractivity contribution in [2.45, 2.75) is 25.4 Å². The van der Waals surface area contributed by atoms with Crippen molar-refractivity contribution in [3.63, 3.8) is 0 Å². The molecule has 1 unspecified atom stereocenters. The van der Waals surface area contributed by atoms with E-state index in [1.54, 1.807) is 0 Å². The third-order valence-corrected chi connectivity index (χ3v) is 6.10. The first-order valence-corrected chi connectivity index (χ1v) is 11.0. The van der Waals surface area contributed by atoms with Crippen LogP contribution in [-0.2, 0) is 0 Å². The number of anilines is 2. The Hall–Kier alpha value is -2.98. The lowest BCUT2D eigenvalue weighted by Crippen LogP contribution is -2.39. The van der Waals surface area contributed by atoms with Crippen LogP contribution in [0.4, 0.5) is 11.4 Å². The van der Waals surface area contributed by atoms with Gasteiger partial charge in [-0.05, 0) is 67.9 Å². The Labute approximate surface area is 179 Å². The molecule has 3 aromatic rings. The Bertz CT molecular complexity index is 952. The minimum absolute atomic E-state index is 0.151. The van der Waals surface area contributed by atoms with E-state index in [1.165, 1.54) is 49.3 Å². The summed E-state index contributed by atoms with van der Waals surface area (Å²) >= 11 is 0. The van der Waals surface area contributed by atoms with E-state index in [-0.39, 0.29) is 6.17 Å². The molecule has 3 aromatic carbocycles. The van der Waals surface area contributed by atoms with Crippen LogP contribution in [0.5, 0.6) is 11.5 Å². The molecule has 4 heteroatoms. The van der Waals surface area contributed by atoms with Crippen LogP contribution in [0.1, 0.15) is 31.0 Å². The maximum absolute atomic E-state index is 5.97. The molecule has 0 aromatic heterocycles. The largest absolute Gasteiger partial charge is 0.457 e. The zero-order chi connectivity index (χ0) is 20.2. The summed E-state index contributed by atoms with van der Waals surface area (Å²) < 4.78 is 5.97. The van der Waals surface area contributed by atoms with Crippen LogP contribution in [0.25, 0.3) is 0 Å². The maximum atomic E-state index is 5.97. The number of benzene rings is 3. The first kappa shape index (κ1) is 19.0. The molecule has 0 amide bonds. The van der Waals surface area contributed by atoms with E-state index < -0.39 is 0 Å². The Balaban J connectivity index is 1.32. The van der Waals surface area contributed by atoms with E-state index in [0.717, 1.165) is 24.6 Å². The Morgan fingerprint density at radius 2 is 1.43 bits per heavy atom. The predicted octanol–water partition coefficient (Wildman–Crippen LogP) is 5.90. The van der Waals surface area contributed by atoms with Gasteiger partial charge < -0.3 is 19.9 Å². The number of hydrogen-bond donors (Lipinski definition) is 1. The van der Waals surface area contributed by atoms with Crippen molar-refractivity contribution in [2.24, 2.45) is 0 Å². The number of rotatable bonds is 6. The molecule has 4 nitrogen and oxygen atoms in total. The summed E-state index contributed by atoms with van der Waals surface area (Å²) in [5.41, 5.74) is 3.76.